The molecule has 0 aromatic heterocycles. The highest BCUT2D eigenvalue weighted by molar-refractivity contribution is 7.85. The Morgan fingerprint density at radius 1 is 0.786 bits per heavy atom. The van der Waals surface area contributed by atoms with E-state index in [9.17, 15) is 32.4 Å². The topological polar surface area (TPSA) is 302 Å². The van der Waals surface area contributed by atoms with Gasteiger partial charge < -0.3 is 40.9 Å². The Hall–Kier alpha value is -2.86. The molecule has 2 unspecified atom stereocenters. The molecule has 0 aliphatic carbocycles. The molecule has 0 aromatic rings. The third kappa shape index (κ3) is 17.9. The van der Waals surface area contributed by atoms with Crippen molar-refractivity contribution in [2.75, 3.05) is 6.26 Å². The second kappa shape index (κ2) is 12.5. The lowest BCUT2D eigenvalue weighted by Gasteiger charge is -2.18. The lowest BCUT2D eigenvalue weighted by molar-refractivity contribution is -0.170. The van der Waals surface area contributed by atoms with Crippen LogP contribution in [0.4, 0.5) is 0 Å². The Bertz CT molecular complexity index is 637. The van der Waals surface area contributed by atoms with Gasteiger partial charge in [-0.3, -0.25) is 14.1 Å². The fourth-order valence-electron chi connectivity index (χ4n) is 0.984. The van der Waals surface area contributed by atoms with Crippen molar-refractivity contribution in [2.24, 2.45) is 0 Å². The van der Waals surface area contributed by atoms with E-state index in [-0.39, 0.29) is 0 Å². The van der Waals surface area contributed by atoms with Crippen molar-refractivity contribution in [3.05, 3.63) is 0 Å². The van der Waals surface area contributed by atoms with E-state index in [4.69, 9.17) is 45.4 Å². The molecule has 0 fully saturated rings. The fourth-order valence-corrected chi connectivity index (χ4v) is 0.984. The molecule has 0 amide bonds. The maximum absolute atomic E-state index is 10.3. The van der Waals surface area contributed by atoms with E-state index in [2.05, 4.69) is 0 Å². The quantitative estimate of drug-likeness (QED) is 0.164. The predicted octanol–water partition coefficient (Wildman–Crippen LogP) is -3.87. The molecule has 0 radical (unpaired) electrons. The van der Waals surface area contributed by atoms with Gasteiger partial charge in [0.25, 0.3) is 10.1 Å². The second-order valence-corrected chi connectivity index (χ2v) is 6.24. The molecule has 0 saturated heterocycles. The van der Waals surface area contributed by atoms with E-state index in [1.807, 2.05) is 0 Å². The van der Waals surface area contributed by atoms with E-state index in [1.165, 1.54) is 0 Å². The lowest BCUT2D eigenvalue weighted by atomic mass is 9.96. The van der Waals surface area contributed by atoms with Crippen LogP contribution in [0.5, 0.6) is 0 Å². The molecule has 9 N–H and O–H groups in total. The largest absolute Gasteiger partial charge is 0.481 e. The summed E-state index contributed by atoms with van der Waals surface area (Å²) in [6.45, 7) is 0. The van der Waals surface area contributed by atoms with Crippen molar-refractivity contribution in [1.29, 1.82) is 0 Å². The van der Waals surface area contributed by atoms with Gasteiger partial charge in [-0.2, -0.15) is 8.42 Å². The molecule has 0 heterocycles. The molecule has 0 bridgehead atoms. The number of hydrogen-bond donors (Lipinski definition) is 9. The van der Waals surface area contributed by atoms with E-state index in [0.717, 1.165) is 0 Å². The summed E-state index contributed by atoms with van der Waals surface area (Å²) in [5, 5.41) is 66.3. The maximum Gasteiger partial charge on any atom is 0.336 e. The van der Waals surface area contributed by atoms with Crippen LogP contribution < -0.4 is 0 Å². The average Bonchev–Trinajstić information content (AvgIpc) is 2.42. The maximum atomic E-state index is 10.3. The minimum absolute atomic E-state index is 0.715. The summed E-state index contributed by atoms with van der Waals surface area (Å²) in [7, 11) is -3.67. The molecule has 0 aliphatic rings. The zero-order valence-electron chi connectivity index (χ0n) is 13.9. The van der Waals surface area contributed by atoms with Crippen molar-refractivity contribution in [1.82, 2.24) is 0 Å². The number of carbonyl (C=O) groups is 5. The Morgan fingerprint density at radius 3 is 1.11 bits per heavy atom. The van der Waals surface area contributed by atoms with Gasteiger partial charge in [-0.25, -0.2) is 14.4 Å². The Kier molecular flexibility index (Phi) is 13.4. The highest BCUT2D eigenvalue weighted by Gasteiger charge is 2.40. The summed E-state index contributed by atoms with van der Waals surface area (Å²) in [4.78, 5) is 50.0. The van der Waals surface area contributed by atoms with E-state index < -0.39 is 70.6 Å². The van der Waals surface area contributed by atoms with Gasteiger partial charge in [0.15, 0.2) is 17.8 Å². The normalized spacial score (nSPS) is 12.8. The van der Waals surface area contributed by atoms with Gasteiger partial charge in [-0.1, -0.05) is 0 Å². The first kappa shape index (κ1) is 29.9. The molecular weight excluding hydrogens is 420 g/mol. The smallest absolute Gasteiger partial charge is 0.336 e. The van der Waals surface area contributed by atoms with E-state index in [1.54, 1.807) is 0 Å². The SMILES string of the molecule is CS(=O)(=O)O.O=C(O)C(O)C(O)C(=O)O.O=C(O)CC(O)(CC(=O)O)C(=O)O. The number of aliphatic carboxylic acids is 5. The van der Waals surface area contributed by atoms with Crippen LogP contribution in [0, 0.1) is 0 Å². The van der Waals surface area contributed by atoms with Crippen molar-refractivity contribution >= 4 is 40.0 Å². The third-order valence-electron chi connectivity index (χ3n) is 2.09. The molecule has 28 heavy (non-hydrogen) atoms. The first-order chi connectivity index (χ1) is 12.2. The van der Waals surface area contributed by atoms with Crippen molar-refractivity contribution in [3.63, 3.8) is 0 Å². The molecule has 16 nitrogen and oxygen atoms in total. The van der Waals surface area contributed by atoms with Crippen LogP contribution in [0.15, 0.2) is 0 Å². The first-order valence-corrected chi connectivity index (χ1v) is 8.23. The molecule has 0 rings (SSSR count). The second-order valence-electron chi connectivity index (χ2n) is 4.78. The molecule has 0 spiro atoms. The molecule has 0 aliphatic heterocycles. The minimum atomic E-state index is -3.67. The van der Waals surface area contributed by atoms with Crippen LogP contribution >= 0.6 is 0 Å². The first-order valence-electron chi connectivity index (χ1n) is 6.38. The molecule has 0 saturated carbocycles. The van der Waals surface area contributed by atoms with E-state index >= 15 is 0 Å². The number of carboxylic acid groups (broad SMARTS) is 5. The van der Waals surface area contributed by atoms with Gasteiger partial charge in [0.05, 0.1) is 19.1 Å². The van der Waals surface area contributed by atoms with Crippen LogP contribution in [0.2, 0.25) is 0 Å². The zero-order chi connectivity index (χ0) is 23.5. The van der Waals surface area contributed by atoms with Crippen LogP contribution in [0.25, 0.3) is 0 Å². The molecule has 164 valence electrons. The summed E-state index contributed by atoms with van der Waals surface area (Å²) in [6, 6.07) is 0. The van der Waals surface area contributed by atoms with Gasteiger partial charge in [0.1, 0.15) is 0 Å². The Labute approximate surface area is 155 Å². The average molecular weight is 438 g/mol. The number of aliphatic hydroxyl groups excluding tert-OH is 2. The van der Waals surface area contributed by atoms with Gasteiger partial charge in [-0.15, -0.1) is 0 Å². The number of rotatable bonds is 8. The molecule has 2 atom stereocenters. The zero-order valence-corrected chi connectivity index (χ0v) is 14.7. The standard InChI is InChI=1S/C6H8O7.C4H6O6.CH4O3S/c7-3(8)1-6(13,5(11)12)2-4(9)10;5-1(3(7)8)2(6)4(9)10;1-5(2,3)4/h13H,1-2H2,(H,7,8)(H,9,10)(H,11,12);1-2,5-6H,(H,7,8)(H,9,10);1H3,(H,2,3,4). The van der Waals surface area contributed by atoms with Crippen LogP contribution in [0.3, 0.4) is 0 Å². The Morgan fingerprint density at radius 2 is 1.00 bits per heavy atom. The summed E-state index contributed by atoms with van der Waals surface area (Å²) in [5.74, 6) is -8.56. The van der Waals surface area contributed by atoms with Crippen molar-refractivity contribution in [3.8, 4) is 0 Å². The molecular formula is C11H18O16S. The Balaban J connectivity index is -0.000000368. The summed E-state index contributed by atoms with van der Waals surface area (Å²) in [5.41, 5.74) is -2.74. The predicted molar refractivity (Wildman–Crippen MR) is 81.8 cm³/mol. The van der Waals surface area contributed by atoms with Crippen LogP contribution in [-0.4, -0.2) is 108 Å². The molecule has 17 heteroatoms. The van der Waals surface area contributed by atoms with Crippen molar-refractivity contribution < 1.29 is 77.8 Å². The lowest BCUT2D eigenvalue weighted by Crippen LogP contribution is -2.42. The number of aliphatic hydroxyl groups is 3. The highest BCUT2D eigenvalue weighted by Crippen LogP contribution is 2.15. The van der Waals surface area contributed by atoms with E-state index in [0.29, 0.717) is 6.26 Å². The number of carboxylic acids is 5. The molecule has 0 aromatic carbocycles. The van der Waals surface area contributed by atoms with Gasteiger partial charge in [0.2, 0.25) is 0 Å². The summed E-state index contributed by atoms with van der Waals surface area (Å²) < 4.78 is 25.9. The monoisotopic (exact) mass is 438 g/mol. The minimum Gasteiger partial charge on any atom is -0.481 e. The fraction of sp³-hybridized carbons (Fsp3) is 0.545. The van der Waals surface area contributed by atoms with Gasteiger partial charge in [-0.05, 0) is 0 Å². The third-order valence-corrected chi connectivity index (χ3v) is 2.09. The number of hydrogen-bond acceptors (Lipinski definition) is 10. The summed E-state index contributed by atoms with van der Waals surface area (Å²) >= 11 is 0. The van der Waals surface area contributed by atoms with Crippen molar-refractivity contribution in [2.45, 2.75) is 30.7 Å². The van der Waals surface area contributed by atoms with Gasteiger partial charge >= 0.3 is 29.8 Å². The highest BCUT2D eigenvalue weighted by atomic mass is 32.2. The van der Waals surface area contributed by atoms with Gasteiger partial charge in [0, 0.05) is 0 Å². The summed E-state index contributed by atoms with van der Waals surface area (Å²) in [6.07, 6.45) is -6.11. The van der Waals surface area contributed by atoms with Crippen LogP contribution in [-0.2, 0) is 34.1 Å². The van der Waals surface area contributed by atoms with Crippen LogP contribution in [0.1, 0.15) is 12.8 Å².